The summed E-state index contributed by atoms with van der Waals surface area (Å²) >= 11 is 0. The van der Waals surface area contributed by atoms with E-state index in [4.69, 9.17) is 9.47 Å². The number of ether oxygens (including phenoxy) is 2. The van der Waals surface area contributed by atoms with Crippen molar-refractivity contribution in [1.29, 1.82) is 0 Å². The molecule has 0 aliphatic rings. The Kier molecular flexibility index (Phi) is 8.17. The van der Waals surface area contributed by atoms with Crippen LogP contribution in [-0.4, -0.2) is 32.7 Å². The summed E-state index contributed by atoms with van der Waals surface area (Å²) in [6.45, 7) is 5.73. The number of carbonyl (C=O) groups is 1. The number of para-hydroxylation sites is 1. The third kappa shape index (κ3) is 6.99. The molecular formula is C26H30N2O5S. The molecule has 180 valence electrons. The molecule has 0 bridgehead atoms. The maximum absolute atomic E-state index is 12.8. The quantitative estimate of drug-likeness (QED) is 0.451. The van der Waals surface area contributed by atoms with Crippen LogP contribution in [0.1, 0.15) is 26.3 Å². The van der Waals surface area contributed by atoms with Crippen molar-refractivity contribution in [2.75, 3.05) is 10.6 Å². The highest BCUT2D eigenvalue weighted by Crippen LogP contribution is 2.27. The van der Waals surface area contributed by atoms with E-state index >= 15 is 0 Å². The Balaban J connectivity index is 1.68. The van der Waals surface area contributed by atoms with Crippen LogP contribution >= 0.6 is 0 Å². The first-order chi connectivity index (χ1) is 16.1. The van der Waals surface area contributed by atoms with Gasteiger partial charge in [-0.3, -0.25) is 9.10 Å². The molecule has 0 saturated heterocycles. The molecule has 0 fully saturated rings. The number of hydrogen-bond donors (Lipinski definition) is 1. The first-order valence-corrected chi connectivity index (χ1v) is 12.8. The zero-order valence-electron chi connectivity index (χ0n) is 19.8. The molecule has 0 heterocycles. The number of amides is 1. The molecule has 8 heteroatoms. The minimum Gasteiger partial charge on any atom is -0.491 e. The zero-order valence-corrected chi connectivity index (χ0v) is 20.6. The SMILES string of the molecule is CC(C)Oc1ccc(CNC(=O)[C@H](C)N(c2ccc(Oc3ccccc3)cc2)S(C)(=O)=O)cc1. The lowest BCUT2D eigenvalue weighted by atomic mass is 10.2. The normalized spacial score (nSPS) is 12.1. The second-order valence-electron chi connectivity index (χ2n) is 8.17. The fourth-order valence-electron chi connectivity index (χ4n) is 3.39. The summed E-state index contributed by atoms with van der Waals surface area (Å²) in [5.74, 6) is 1.58. The number of anilines is 1. The summed E-state index contributed by atoms with van der Waals surface area (Å²) in [5, 5.41) is 2.81. The molecule has 0 unspecified atom stereocenters. The molecule has 1 amide bonds. The maximum Gasteiger partial charge on any atom is 0.243 e. The number of benzene rings is 3. The predicted molar refractivity (Wildman–Crippen MR) is 134 cm³/mol. The average molecular weight is 483 g/mol. The van der Waals surface area contributed by atoms with Gasteiger partial charge in [0.15, 0.2) is 0 Å². The molecule has 0 aromatic heterocycles. The highest BCUT2D eigenvalue weighted by molar-refractivity contribution is 7.92. The van der Waals surface area contributed by atoms with Crippen LogP contribution in [0.5, 0.6) is 17.2 Å². The first-order valence-electron chi connectivity index (χ1n) is 11.0. The summed E-state index contributed by atoms with van der Waals surface area (Å²) in [4.78, 5) is 12.8. The second kappa shape index (κ2) is 11.1. The topological polar surface area (TPSA) is 84.9 Å². The van der Waals surface area contributed by atoms with Crippen molar-refractivity contribution < 1.29 is 22.7 Å². The smallest absolute Gasteiger partial charge is 0.243 e. The molecule has 34 heavy (non-hydrogen) atoms. The lowest BCUT2D eigenvalue weighted by molar-refractivity contribution is -0.122. The third-order valence-corrected chi connectivity index (χ3v) is 6.16. The van der Waals surface area contributed by atoms with Gasteiger partial charge in [0.1, 0.15) is 23.3 Å². The van der Waals surface area contributed by atoms with Crippen molar-refractivity contribution in [2.45, 2.75) is 39.5 Å². The Hall–Kier alpha value is -3.52. The van der Waals surface area contributed by atoms with Crippen LogP contribution < -0.4 is 19.1 Å². The molecule has 1 N–H and O–H groups in total. The van der Waals surface area contributed by atoms with Gasteiger partial charge in [-0.25, -0.2) is 8.42 Å². The molecule has 0 spiro atoms. The summed E-state index contributed by atoms with van der Waals surface area (Å²) in [6.07, 6.45) is 1.16. The van der Waals surface area contributed by atoms with E-state index in [2.05, 4.69) is 5.32 Å². The number of nitrogens with zero attached hydrogens (tertiary/aromatic N) is 1. The summed E-state index contributed by atoms with van der Waals surface area (Å²) in [6, 6.07) is 22.3. The largest absolute Gasteiger partial charge is 0.491 e. The van der Waals surface area contributed by atoms with Crippen molar-refractivity contribution >= 4 is 21.6 Å². The summed E-state index contributed by atoms with van der Waals surface area (Å²) in [7, 11) is -3.72. The van der Waals surface area contributed by atoms with E-state index in [1.54, 1.807) is 31.2 Å². The van der Waals surface area contributed by atoms with Gasteiger partial charge >= 0.3 is 0 Å². The molecule has 1 atom stereocenters. The van der Waals surface area contributed by atoms with Gasteiger partial charge < -0.3 is 14.8 Å². The number of sulfonamides is 1. The summed E-state index contributed by atoms with van der Waals surface area (Å²) < 4.78 is 37.6. The second-order valence-corrected chi connectivity index (χ2v) is 10.0. The van der Waals surface area contributed by atoms with E-state index in [0.717, 1.165) is 21.9 Å². The van der Waals surface area contributed by atoms with E-state index in [9.17, 15) is 13.2 Å². The van der Waals surface area contributed by atoms with Gasteiger partial charge in [0.2, 0.25) is 15.9 Å². The standard InChI is InChI=1S/C26H30N2O5S/c1-19(2)32-24-14-10-21(11-15-24)18-27-26(29)20(3)28(34(4,30)31)22-12-16-25(17-13-22)33-23-8-6-5-7-9-23/h5-17,19-20H,18H2,1-4H3,(H,27,29)/t20-/m0/s1. The molecule has 3 aromatic carbocycles. The summed E-state index contributed by atoms with van der Waals surface area (Å²) in [5.41, 5.74) is 1.26. The minimum absolute atomic E-state index is 0.0762. The number of rotatable bonds is 10. The third-order valence-electron chi connectivity index (χ3n) is 4.92. The lowest BCUT2D eigenvalue weighted by Gasteiger charge is -2.28. The van der Waals surface area contributed by atoms with Crippen molar-refractivity contribution in [3.8, 4) is 17.2 Å². The van der Waals surface area contributed by atoms with Crippen LogP contribution in [0.15, 0.2) is 78.9 Å². The van der Waals surface area contributed by atoms with E-state index in [1.165, 1.54) is 0 Å². The first kappa shape index (κ1) is 25.1. The van der Waals surface area contributed by atoms with Crippen molar-refractivity contribution in [3.63, 3.8) is 0 Å². The zero-order chi connectivity index (χ0) is 24.7. The van der Waals surface area contributed by atoms with E-state index < -0.39 is 22.0 Å². The molecular weight excluding hydrogens is 452 g/mol. The van der Waals surface area contributed by atoms with Crippen LogP contribution in [0.2, 0.25) is 0 Å². The van der Waals surface area contributed by atoms with Gasteiger partial charge in [0.25, 0.3) is 0 Å². The van der Waals surface area contributed by atoms with Gasteiger partial charge in [0, 0.05) is 6.54 Å². The van der Waals surface area contributed by atoms with Gasteiger partial charge in [-0.1, -0.05) is 30.3 Å². The number of hydrogen-bond acceptors (Lipinski definition) is 5. The Morgan fingerprint density at radius 1 is 0.853 bits per heavy atom. The Morgan fingerprint density at radius 2 is 1.41 bits per heavy atom. The van der Waals surface area contributed by atoms with Crippen molar-refractivity contribution in [3.05, 3.63) is 84.4 Å². The lowest BCUT2D eigenvalue weighted by Crippen LogP contribution is -2.47. The Bertz CT molecular complexity index is 1180. The molecule has 0 aliphatic carbocycles. The van der Waals surface area contributed by atoms with E-state index in [1.807, 2.05) is 68.4 Å². The van der Waals surface area contributed by atoms with Crippen LogP contribution in [0.25, 0.3) is 0 Å². The van der Waals surface area contributed by atoms with E-state index in [-0.39, 0.29) is 12.6 Å². The fraction of sp³-hybridized carbons (Fsp3) is 0.269. The molecule has 3 rings (SSSR count). The van der Waals surface area contributed by atoms with Gasteiger partial charge in [-0.15, -0.1) is 0 Å². The minimum atomic E-state index is -3.72. The molecule has 0 saturated carbocycles. The van der Waals surface area contributed by atoms with Crippen molar-refractivity contribution in [2.24, 2.45) is 0 Å². The van der Waals surface area contributed by atoms with Gasteiger partial charge in [-0.05, 0) is 74.9 Å². The number of carbonyl (C=O) groups excluding carboxylic acids is 1. The van der Waals surface area contributed by atoms with Crippen molar-refractivity contribution in [1.82, 2.24) is 5.32 Å². The van der Waals surface area contributed by atoms with Gasteiger partial charge in [0.05, 0.1) is 18.0 Å². The van der Waals surface area contributed by atoms with Crippen LogP contribution in [0.4, 0.5) is 5.69 Å². The van der Waals surface area contributed by atoms with Crippen LogP contribution in [-0.2, 0) is 21.4 Å². The number of nitrogens with one attached hydrogen (secondary N) is 1. The monoisotopic (exact) mass is 482 g/mol. The molecule has 0 aliphatic heterocycles. The molecule has 0 radical (unpaired) electrons. The van der Waals surface area contributed by atoms with E-state index in [0.29, 0.717) is 17.2 Å². The Morgan fingerprint density at radius 3 is 1.97 bits per heavy atom. The molecule has 3 aromatic rings. The predicted octanol–water partition coefficient (Wildman–Crippen LogP) is 4.74. The average Bonchev–Trinajstić information content (AvgIpc) is 2.79. The highest BCUT2D eigenvalue weighted by atomic mass is 32.2. The van der Waals surface area contributed by atoms with Gasteiger partial charge in [-0.2, -0.15) is 0 Å². The highest BCUT2D eigenvalue weighted by Gasteiger charge is 2.29. The van der Waals surface area contributed by atoms with Crippen LogP contribution in [0.3, 0.4) is 0 Å². The Labute approximate surface area is 201 Å². The fourth-order valence-corrected chi connectivity index (χ4v) is 4.56. The molecule has 7 nitrogen and oxygen atoms in total. The maximum atomic E-state index is 12.8. The van der Waals surface area contributed by atoms with Crippen LogP contribution in [0, 0.1) is 0 Å².